The Hall–Kier alpha value is -2.30. The summed E-state index contributed by atoms with van der Waals surface area (Å²) in [5.74, 6) is 0.838. The van der Waals surface area contributed by atoms with Gasteiger partial charge in [0.15, 0.2) is 0 Å². The van der Waals surface area contributed by atoms with Crippen LogP contribution >= 0.6 is 0 Å². The van der Waals surface area contributed by atoms with Crippen molar-refractivity contribution >= 4 is 27.1 Å². The van der Waals surface area contributed by atoms with Crippen molar-refractivity contribution in [1.29, 1.82) is 5.26 Å². The summed E-state index contributed by atoms with van der Waals surface area (Å²) in [5, 5.41) is 10.9. The van der Waals surface area contributed by atoms with Crippen molar-refractivity contribution in [2.45, 2.75) is 44.2 Å². The molecule has 4 heterocycles. The molecule has 0 bridgehead atoms. The Balaban J connectivity index is 1.37. The molecule has 1 atom stereocenters. The van der Waals surface area contributed by atoms with Crippen LogP contribution in [0, 0.1) is 11.3 Å². The number of hydrogen-bond donors (Lipinski definition) is 1. The second kappa shape index (κ2) is 9.99. The summed E-state index contributed by atoms with van der Waals surface area (Å²) in [6.07, 6.45) is 6.29. The molecule has 1 unspecified atom stereocenters. The van der Waals surface area contributed by atoms with E-state index in [1.165, 1.54) is 4.31 Å². The number of nitrogens with one attached hydrogen (secondary N) is 1. The number of rotatable bonds is 9. The maximum absolute atomic E-state index is 14.1. The molecule has 0 aromatic carbocycles. The average Bonchev–Trinajstić information content (AvgIpc) is 3.44. The third-order valence-electron chi connectivity index (χ3n) is 7.42. The lowest BCUT2D eigenvalue weighted by molar-refractivity contribution is 0.0354. The molecule has 5 rings (SSSR count). The monoisotopic (exact) mass is 502 g/mol. The number of piperazine rings is 1. The van der Waals surface area contributed by atoms with Crippen molar-refractivity contribution in [3.05, 3.63) is 18.6 Å². The van der Waals surface area contributed by atoms with Gasteiger partial charge in [0.2, 0.25) is 0 Å². The van der Waals surface area contributed by atoms with Gasteiger partial charge in [-0.15, -0.1) is 0 Å². The maximum atomic E-state index is 14.1. The van der Waals surface area contributed by atoms with Gasteiger partial charge in [0.25, 0.3) is 10.2 Å². The Labute approximate surface area is 206 Å². The standard InChI is InChI=1S/C23H34N8O3S/c1-2-3-19(16-24)30(10-8-28-12-14-34-15-13-28)35(32,33)31-11-9-29(17-23(31)5-6-23)22-20-4-7-25-21(20)26-18-27-22/h4,7,18-19H,2-3,5-6,8-15,17H2,1H3,(H,25,26,27). The first kappa shape index (κ1) is 24.4. The lowest BCUT2D eigenvalue weighted by Gasteiger charge is -2.44. The topological polar surface area (TPSA) is 122 Å². The summed E-state index contributed by atoms with van der Waals surface area (Å²) in [5.41, 5.74) is 0.328. The quantitative estimate of drug-likeness (QED) is 0.543. The Bertz CT molecular complexity index is 1170. The van der Waals surface area contributed by atoms with E-state index in [4.69, 9.17) is 4.74 Å². The van der Waals surface area contributed by atoms with Gasteiger partial charge in [0, 0.05) is 52.0 Å². The van der Waals surface area contributed by atoms with Crippen LogP contribution in [0.3, 0.4) is 0 Å². The number of anilines is 1. The van der Waals surface area contributed by atoms with Crippen molar-refractivity contribution in [3.8, 4) is 6.07 Å². The highest BCUT2D eigenvalue weighted by Gasteiger charge is 2.57. The van der Waals surface area contributed by atoms with Crippen molar-refractivity contribution in [3.63, 3.8) is 0 Å². The van der Waals surface area contributed by atoms with E-state index in [-0.39, 0.29) is 0 Å². The molecule has 1 saturated carbocycles. The van der Waals surface area contributed by atoms with Crippen molar-refractivity contribution in [1.82, 2.24) is 28.5 Å². The van der Waals surface area contributed by atoms with E-state index in [9.17, 15) is 13.7 Å². The summed E-state index contributed by atoms with van der Waals surface area (Å²) < 4.78 is 36.8. The van der Waals surface area contributed by atoms with Crippen molar-refractivity contribution in [2.75, 3.05) is 63.9 Å². The lowest BCUT2D eigenvalue weighted by Crippen LogP contribution is -2.62. The molecular weight excluding hydrogens is 468 g/mol. The van der Waals surface area contributed by atoms with E-state index in [0.29, 0.717) is 52.4 Å². The highest BCUT2D eigenvalue weighted by Crippen LogP contribution is 2.47. The molecule has 12 heteroatoms. The first-order chi connectivity index (χ1) is 17.0. The van der Waals surface area contributed by atoms with Crippen molar-refractivity contribution < 1.29 is 13.2 Å². The van der Waals surface area contributed by atoms with E-state index >= 15 is 0 Å². The first-order valence-electron chi connectivity index (χ1n) is 12.5. The van der Waals surface area contributed by atoms with Gasteiger partial charge in [-0.05, 0) is 25.3 Å². The minimum absolute atomic E-state index is 0.312. The fourth-order valence-corrected chi connectivity index (χ4v) is 7.42. The molecule has 2 saturated heterocycles. The van der Waals surface area contributed by atoms with Gasteiger partial charge in [-0.25, -0.2) is 9.97 Å². The van der Waals surface area contributed by atoms with E-state index in [2.05, 4.69) is 30.8 Å². The fourth-order valence-electron chi connectivity index (χ4n) is 5.33. The minimum atomic E-state index is -3.82. The first-order valence-corrected chi connectivity index (χ1v) is 13.9. The van der Waals surface area contributed by atoms with Crippen LogP contribution in [-0.4, -0.2) is 107 Å². The highest BCUT2D eigenvalue weighted by molar-refractivity contribution is 7.86. The van der Waals surface area contributed by atoms with E-state index < -0.39 is 21.8 Å². The Kier molecular flexibility index (Phi) is 6.96. The molecule has 0 radical (unpaired) electrons. The van der Waals surface area contributed by atoms with Gasteiger partial charge in [-0.1, -0.05) is 13.3 Å². The number of nitriles is 1. The molecule has 2 aliphatic heterocycles. The number of aromatic amines is 1. The summed E-state index contributed by atoms with van der Waals surface area (Å²) in [7, 11) is -3.82. The maximum Gasteiger partial charge on any atom is 0.283 e. The van der Waals surface area contributed by atoms with E-state index in [1.807, 2.05) is 19.2 Å². The predicted octanol–water partition coefficient (Wildman–Crippen LogP) is 1.18. The van der Waals surface area contributed by atoms with Crippen LogP contribution in [0.1, 0.15) is 32.6 Å². The zero-order chi connectivity index (χ0) is 24.5. The molecule has 35 heavy (non-hydrogen) atoms. The van der Waals surface area contributed by atoms with Crippen molar-refractivity contribution in [2.24, 2.45) is 0 Å². The number of H-pyrrole nitrogens is 1. The molecule has 3 fully saturated rings. The Morgan fingerprint density at radius 2 is 2.06 bits per heavy atom. The number of morpholine rings is 1. The molecule has 190 valence electrons. The van der Waals surface area contributed by atoms with Gasteiger partial charge < -0.3 is 14.6 Å². The Morgan fingerprint density at radius 1 is 1.26 bits per heavy atom. The van der Waals surface area contributed by atoms with Crippen LogP contribution in [0.2, 0.25) is 0 Å². The molecule has 3 aliphatic rings. The normalized spacial score (nSPS) is 22.0. The fraction of sp³-hybridized carbons (Fsp3) is 0.696. The minimum Gasteiger partial charge on any atom is -0.379 e. The van der Waals surface area contributed by atoms with E-state index in [1.54, 1.807) is 10.6 Å². The second-order valence-electron chi connectivity index (χ2n) is 9.66. The molecule has 0 amide bonds. The number of ether oxygens (including phenoxy) is 1. The average molecular weight is 503 g/mol. The van der Waals surface area contributed by atoms with Crippen LogP contribution in [0.15, 0.2) is 18.6 Å². The van der Waals surface area contributed by atoms with Crippen LogP contribution < -0.4 is 4.90 Å². The molecule has 11 nitrogen and oxygen atoms in total. The molecular formula is C23H34N8O3S. The number of hydrogen-bond acceptors (Lipinski definition) is 8. The number of aromatic nitrogens is 3. The van der Waals surface area contributed by atoms with Gasteiger partial charge in [-0.2, -0.15) is 22.3 Å². The van der Waals surface area contributed by atoms with Gasteiger partial charge in [0.05, 0.1) is 30.2 Å². The van der Waals surface area contributed by atoms with Gasteiger partial charge >= 0.3 is 0 Å². The summed E-state index contributed by atoms with van der Waals surface area (Å²) in [6, 6.07) is 3.58. The number of nitrogens with zero attached hydrogens (tertiary/aromatic N) is 7. The van der Waals surface area contributed by atoms with E-state index in [0.717, 1.165) is 49.2 Å². The largest absolute Gasteiger partial charge is 0.379 e. The molecule has 2 aromatic heterocycles. The molecule has 1 aliphatic carbocycles. The molecule has 1 N–H and O–H groups in total. The van der Waals surface area contributed by atoms with Crippen LogP contribution in [-0.2, 0) is 14.9 Å². The summed E-state index contributed by atoms with van der Waals surface area (Å²) in [6.45, 7) is 7.29. The smallest absolute Gasteiger partial charge is 0.283 e. The zero-order valence-corrected chi connectivity index (χ0v) is 21.1. The highest BCUT2D eigenvalue weighted by atomic mass is 32.2. The summed E-state index contributed by atoms with van der Waals surface area (Å²) >= 11 is 0. The van der Waals surface area contributed by atoms with Crippen LogP contribution in [0.25, 0.3) is 11.0 Å². The molecule has 2 aromatic rings. The van der Waals surface area contributed by atoms with Crippen LogP contribution in [0.5, 0.6) is 0 Å². The number of fused-ring (bicyclic) bond motifs is 1. The molecule has 1 spiro atoms. The Morgan fingerprint density at radius 3 is 2.77 bits per heavy atom. The SMILES string of the molecule is CCCC(C#N)N(CCN1CCOCC1)S(=O)(=O)N1CCN(c2ncnc3[nH]ccc23)CC12CC2. The predicted molar refractivity (Wildman–Crippen MR) is 132 cm³/mol. The van der Waals surface area contributed by atoms with Crippen LogP contribution in [0.4, 0.5) is 5.82 Å². The lowest BCUT2D eigenvalue weighted by atomic mass is 10.2. The summed E-state index contributed by atoms with van der Waals surface area (Å²) in [4.78, 5) is 16.3. The zero-order valence-electron chi connectivity index (χ0n) is 20.3. The van der Waals surface area contributed by atoms with Gasteiger partial charge in [-0.3, -0.25) is 4.90 Å². The van der Waals surface area contributed by atoms with Gasteiger partial charge in [0.1, 0.15) is 23.8 Å². The second-order valence-corrected chi connectivity index (χ2v) is 11.5. The third kappa shape index (κ3) is 4.75. The third-order valence-corrected chi connectivity index (χ3v) is 9.58.